The number of nitrogens with one attached hydrogen (secondary N) is 1. The van der Waals surface area contributed by atoms with Gasteiger partial charge in [0, 0.05) is 35.4 Å². The molecule has 1 fully saturated rings. The van der Waals surface area contributed by atoms with Crippen LogP contribution in [0.15, 0.2) is 54.9 Å². The molecular weight excluding hydrogens is 486 g/mol. The van der Waals surface area contributed by atoms with Crippen molar-refractivity contribution in [1.82, 2.24) is 9.97 Å². The first-order valence-corrected chi connectivity index (χ1v) is 12.6. The van der Waals surface area contributed by atoms with Gasteiger partial charge in [-0.2, -0.15) is 0 Å². The van der Waals surface area contributed by atoms with Crippen molar-refractivity contribution in [1.29, 1.82) is 0 Å². The van der Waals surface area contributed by atoms with E-state index in [0.717, 1.165) is 31.1 Å². The molecule has 3 aromatic rings. The molecule has 0 spiro atoms. The third-order valence-corrected chi connectivity index (χ3v) is 6.55. The number of allylic oxidation sites excluding steroid dienone is 4. The SMILES string of the molecule is COCCOc1cc2ncnc(Nc3ccc(OC4CCCC4)c(C4=CC(=O)C=CC4=O)c3)c2cc1OC. The highest BCUT2D eigenvalue weighted by atomic mass is 16.5. The normalized spacial score (nSPS) is 15.6. The first kappa shape index (κ1) is 25.4. The van der Waals surface area contributed by atoms with Crippen LogP contribution in [0, 0.1) is 0 Å². The van der Waals surface area contributed by atoms with Crippen molar-refractivity contribution in [2.75, 3.05) is 32.8 Å². The first-order valence-electron chi connectivity index (χ1n) is 12.6. The monoisotopic (exact) mass is 515 g/mol. The van der Waals surface area contributed by atoms with Crippen LogP contribution in [0.3, 0.4) is 0 Å². The molecule has 0 atom stereocenters. The summed E-state index contributed by atoms with van der Waals surface area (Å²) in [6, 6.07) is 9.12. The second-order valence-electron chi connectivity index (χ2n) is 9.10. The highest BCUT2D eigenvalue weighted by Gasteiger charge is 2.23. The fourth-order valence-electron chi connectivity index (χ4n) is 4.63. The van der Waals surface area contributed by atoms with Crippen LogP contribution in [-0.4, -0.2) is 55.1 Å². The van der Waals surface area contributed by atoms with Crippen LogP contribution < -0.4 is 19.5 Å². The number of ether oxygens (including phenoxy) is 4. The van der Waals surface area contributed by atoms with Gasteiger partial charge in [-0.15, -0.1) is 0 Å². The van der Waals surface area contributed by atoms with Crippen LogP contribution in [0.2, 0.25) is 0 Å². The maximum atomic E-state index is 12.7. The van der Waals surface area contributed by atoms with Crippen LogP contribution in [0.25, 0.3) is 16.5 Å². The van der Waals surface area contributed by atoms with E-state index >= 15 is 0 Å². The Morgan fingerprint density at radius 2 is 1.79 bits per heavy atom. The number of rotatable bonds is 10. The topological polar surface area (TPSA) is 109 Å². The van der Waals surface area contributed by atoms with Gasteiger partial charge < -0.3 is 24.3 Å². The summed E-state index contributed by atoms with van der Waals surface area (Å²) in [5.74, 6) is 1.75. The summed E-state index contributed by atoms with van der Waals surface area (Å²) in [5.41, 5.74) is 2.21. The lowest BCUT2D eigenvalue weighted by Crippen LogP contribution is -2.14. The molecule has 38 heavy (non-hydrogen) atoms. The van der Waals surface area contributed by atoms with Crippen molar-refractivity contribution in [3.8, 4) is 17.2 Å². The highest BCUT2D eigenvalue weighted by molar-refractivity contribution is 6.34. The Morgan fingerprint density at radius 1 is 0.947 bits per heavy atom. The highest BCUT2D eigenvalue weighted by Crippen LogP contribution is 2.37. The number of carbonyl (C=O) groups excluding carboxylic acids is 2. The predicted octanol–water partition coefficient (Wildman–Crippen LogP) is 4.82. The molecule has 1 saturated carbocycles. The Labute approximate surface area is 220 Å². The van der Waals surface area contributed by atoms with Crippen LogP contribution >= 0.6 is 0 Å². The van der Waals surface area contributed by atoms with E-state index in [9.17, 15) is 9.59 Å². The molecule has 1 heterocycles. The smallest absolute Gasteiger partial charge is 0.186 e. The van der Waals surface area contributed by atoms with Gasteiger partial charge in [-0.1, -0.05) is 0 Å². The number of aromatic nitrogens is 2. The lowest BCUT2D eigenvalue weighted by molar-refractivity contribution is -0.113. The van der Waals surface area contributed by atoms with Gasteiger partial charge in [0.15, 0.2) is 23.1 Å². The molecule has 2 aliphatic carbocycles. The van der Waals surface area contributed by atoms with Crippen molar-refractivity contribution in [2.24, 2.45) is 0 Å². The number of hydrogen-bond acceptors (Lipinski definition) is 9. The van der Waals surface area contributed by atoms with Crippen LogP contribution in [0.4, 0.5) is 11.5 Å². The van der Waals surface area contributed by atoms with Gasteiger partial charge >= 0.3 is 0 Å². The predicted molar refractivity (Wildman–Crippen MR) is 143 cm³/mol. The van der Waals surface area contributed by atoms with E-state index in [4.69, 9.17) is 18.9 Å². The van der Waals surface area contributed by atoms with E-state index < -0.39 is 0 Å². The minimum atomic E-state index is -0.240. The molecule has 0 unspecified atom stereocenters. The summed E-state index contributed by atoms with van der Waals surface area (Å²) < 4.78 is 22.7. The third-order valence-electron chi connectivity index (χ3n) is 6.55. The Balaban J connectivity index is 1.50. The largest absolute Gasteiger partial charge is 0.493 e. The van der Waals surface area contributed by atoms with E-state index in [1.807, 2.05) is 24.3 Å². The number of nitrogens with zero attached hydrogens (tertiary/aromatic N) is 2. The molecular formula is C29H29N3O6. The molecule has 9 nitrogen and oxygen atoms in total. The second-order valence-corrected chi connectivity index (χ2v) is 9.10. The number of hydrogen-bond donors (Lipinski definition) is 1. The van der Waals surface area contributed by atoms with Crippen LogP contribution in [0.1, 0.15) is 31.2 Å². The van der Waals surface area contributed by atoms with E-state index in [1.165, 1.54) is 24.6 Å². The number of fused-ring (bicyclic) bond motifs is 1. The Hall–Kier alpha value is -4.24. The van der Waals surface area contributed by atoms with Crippen LogP contribution in [-0.2, 0) is 14.3 Å². The minimum Gasteiger partial charge on any atom is -0.493 e. The zero-order valence-corrected chi connectivity index (χ0v) is 21.4. The lowest BCUT2D eigenvalue weighted by atomic mass is 9.95. The molecule has 2 aliphatic rings. The maximum absolute atomic E-state index is 12.7. The summed E-state index contributed by atoms with van der Waals surface area (Å²) in [4.78, 5) is 33.7. The van der Waals surface area contributed by atoms with E-state index in [0.29, 0.717) is 58.6 Å². The summed E-state index contributed by atoms with van der Waals surface area (Å²) in [7, 11) is 3.18. The molecule has 9 heteroatoms. The Bertz CT molecular complexity index is 1430. The van der Waals surface area contributed by atoms with Crippen LogP contribution in [0.5, 0.6) is 17.2 Å². The number of anilines is 2. The van der Waals surface area contributed by atoms with Crippen molar-refractivity contribution in [3.05, 3.63) is 60.5 Å². The zero-order chi connectivity index (χ0) is 26.5. The summed E-state index contributed by atoms with van der Waals surface area (Å²) >= 11 is 0. The summed E-state index contributed by atoms with van der Waals surface area (Å²) in [6.07, 6.45) is 9.67. The molecule has 0 aliphatic heterocycles. The average molecular weight is 516 g/mol. The lowest BCUT2D eigenvalue weighted by Gasteiger charge is -2.19. The second kappa shape index (κ2) is 11.4. The molecule has 1 aromatic heterocycles. The molecule has 0 amide bonds. The van der Waals surface area contributed by atoms with Gasteiger partial charge in [0.25, 0.3) is 0 Å². The molecule has 0 bridgehead atoms. The molecule has 196 valence electrons. The number of carbonyl (C=O) groups is 2. The summed E-state index contributed by atoms with van der Waals surface area (Å²) in [6.45, 7) is 0.819. The zero-order valence-electron chi connectivity index (χ0n) is 21.4. The molecule has 1 N–H and O–H groups in total. The third kappa shape index (κ3) is 5.52. The van der Waals surface area contributed by atoms with E-state index in [1.54, 1.807) is 20.3 Å². The van der Waals surface area contributed by atoms with Crippen molar-refractivity contribution in [2.45, 2.75) is 31.8 Å². The van der Waals surface area contributed by atoms with Crippen molar-refractivity contribution in [3.63, 3.8) is 0 Å². The molecule has 0 saturated heterocycles. The van der Waals surface area contributed by atoms with Gasteiger partial charge in [-0.05, 0) is 68.2 Å². The Morgan fingerprint density at radius 3 is 2.58 bits per heavy atom. The fourth-order valence-corrected chi connectivity index (χ4v) is 4.63. The molecule has 2 aromatic carbocycles. The number of methoxy groups -OCH3 is 2. The number of benzene rings is 2. The summed E-state index contributed by atoms with van der Waals surface area (Å²) in [5, 5.41) is 4.06. The maximum Gasteiger partial charge on any atom is 0.186 e. The molecule has 0 radical (unpaired) electrons. The molecule has 5 rings (SSSR count). The van der Waals surface area contributed by atoms with E-state index in [2.05, 4.69) is 15.3 Å². The Kier molecular flexibility index (Phi) is 7.65. The fraction of sp³-hybridized carbons (Fsp3) is 0.310. The van der Waals surface area contributed by atoms with Crippen molar-refractivity contribution < 1.29 is 28.5 Å². The van der Waals surface area contributed by atoms with Gasteiger partial charge in [0.2, 0.25) is 0 Å². The van der Waals surface area contributed by atoms with Crippen molar-refractivity contribution >= 4 is 39.5 Å². The van der Waals surface area contributed by atoms with E-state index in [-0.39, 0.29) is 17.7 Å². The quantitative estimate of drug-likeness (QED) is 0.300. The van der Waals surface area contributed by atoms with Gasteiger partial charge in [0.05, 0.1) is 25.3 Å². The van der Waals surface area contributed by atoms with Gasteiger partial charge in [-0.25, -0.2) is 9.97 Å². The van der Waals surface area contributed by atoms with Gasteiger partial charge in [0.1, 0.15) is 24.5 Å². The minimum absolute atomic E-state index is 0.0941. The standard InChI is InChI=1S/C29H29N3O6/c1-35-11-12-37-28-16-24-23(15-27(28)36-2)29(31-17-30-24)32-18-7-10-26(38-20-5-3-4-6-20)22(13-18)21-14-19(33)8-9-25(21)34/h7-10,13-17,20H,3-6,11-12H2,1-2H3,(H,30,31,32). The van der Waals surface area contributed by atoms with Gasteiger partial charge in [-0.3, -0.25) is 9.59 Å². The average Bonchev–Trinajstić information content (AvgIpc) is 3.44. The number of ketones is 2. The first-order chi connectivity index (χ1) is 18.6.